The van der Waals surface area contributed by atoms with Crippen LogP contribution < -0.4 is 4.52 Å². The molecule has 0 amide bonds. The molecule has 0 heterocycles. The molecule has 0 aliphatic rings. The van der Waals surface area contributed by atoms with Gasteiger partial charge in [0.05, 0.1) is 0 Å². The molecular formula is C19H33O4P. The number of phosphoric ester groups is 1. The second-order valence-corrected chi connectivity index (χ2v) is 7.69. The maximum Gasteiger partial charge on any atom is 0.524 e. The molecule has 0 saturated heterocycles. The summed E-state index contributed by atoms with van der Waals surface area (Å²) in [5.74, 6) is 0.311. The maximum atomic E-state index is 11.2. The summed E-state index contributed by atoms with van der Waals surface area (Å²) >= 11 is 0. The number of aryl methyl sites for hydroxylation is 1. The van der Waals surface area contributed by atoms with Crippen LogP contribution in [0.2, 0.25) is 0 Å². The lowest BCUT2D eigenvalue weighted by atomic mass is 9.92. The summed E-state index contributed by atoms with van der Waals surface area (Å²) < 4.78 is 16.0. The molecule has 0 atom stereocenters. The zero-order chi connectivity index (χ0) is 18.0. The number of benzene rings is 1. The number of unbranched alkanes of at least 4 members (excludes halogenated alkanes) is 6. The van der Waals surface area contributed by atoms with Gasteiger partial charge >= 0.3 is 7.82 Å². The van der Waals surface area contributed by atoms with E-state index < -0.39 is 7.82 Å². The Bertz CT molecular complexity index is 536. The maximum absolute atomic E-state index is 11.2. The second kappa shape index (κ2) is 10.9. The van der Waals surface area contributed by atoms with Crippen LogP contribution in [0.3, 0.4) is 0 Å². The van der Waals surface area contributed by atoms with Crippen molar-refractivity contribution in [1.82, 2.24) is 0 Å². The topological polar surface area (TPSA) is 66.8 Å². The minimum atomic E-state index is -4.52. The summed E-state index contributed by atoms with van der Waals surface area (Å²) in [7, 11) is -4.52. The van der Waals surface area contributed by atoms with Gasteiger partial charge in [-0.25, -0.2) is 4.57 Å². The molecular weight excluding hydrogens is 323 g/mol. The van der Waals surface area contributed by atoms with Gasteiger partial charge in [0, 0.05) is 0 Å². The normalized spacial score (nSPS) is 11.7. The van der Waals surface area contributed by atoms with Crippen molar-refractivity contribution in [3.63, 3.8) is 0 Å². The Morgan fingerprint density at radius 3 is 2.04 bits per heavy atom. The van der Waals surface area contributed by atoms with Crippen LogP contribution in [0.15, 0.2) is 12.1 Å². The van der Waals surface area contributed by atoms with Gasteiger partial charge in [0.15, 0.2) is 0 Å². The van der Waals surface area contributed by atoms with E-state index in [1.54, 1.807) is 6.07 Å². The van der Waals surface area contributed by atoms with Gasteiger partial charge < -0.3 is 4.52 Å². The highest BCUT2D eigenvalue weighted by Gasteiger charge is 2.19. The average Bonchev–Trinajstić information content (AvgIpc) is 2.51. The third kappa shape index (κ3) is 7.83. The fraction of sp³-hybridized carbons (Fsp3) is 0.684. The van der Waals surface area contributed by atoms with E-state index >= 15 is 0 Å². The molecule has 0 fully saturated rings. The zero-order valence-electron chi connectivity index (χ0n) is 15.4. The van der Waals surface area contributed by atoms with Gasteiger partial charge in [-0.05, 0) is 55.4 Å². The smallest absolute Gasteiger partial charge is 0.404 e. The molecule has 0 spiro atoms. The molecule has 0 saturated carbocycles. The highest BCUT2D eigenvalue weighted by Crippen LogP contribution is 2.40. The van der Waals surface area contributed by atoms with Gasteiger partial charge in [-0.15, -0.1) is 0 Å². The van der Waals surface area contributed by atoms with Crippen molar-refractivity contribution in [1.29, 1.82) is 0 Å². The standard InChI is InChI=1S/C19H33O4P/c1-4-6-8-10-12-17-14-15-19(23-24(20,21)22)16(3)18(17)13-11-9-7-5-2/h14-15H,4-13H2,1-3H3,(H2,20,21,22). The van der Waals surface area contributed by atoms with E-state index in [9.17, 15) is 4.57 Å². The molecule has 24 heavy (non-hydrogen) atoms. The van der Waals surface area contributed by atoms with Crippen molar-refractivity contribution < 1.29 is 18.9 Å². The molecule has 1 aromatic carbocycles. The Kier molecular flexibility index (Phi) is 9.65. The zero-order valence-corrected chi connectivity index (χ0v) is 16.3. The van der Waals surface area contributed by atoms with Gasteiger partial charge in [-0.1, -0.05) is 58.4 Å². The fourth-order valence-corrected chi connectivity index (χ4v) is 3.53. The van der Waals surface area contributed by atoms with E-state index in [0.29, 0.717) is 5.75 Å². The third-order valence-corrected chi connectivity index (χ3v) is 4.88. The van der Waals surface area contributed by atoms with E-state index in [0.717, 1.165) is 31.2 Å². The molecule has 0 radical (unpaired) electrons. The predicted molar refractivity (Wildman–Crippen MR) is 99.5 cm³/mol. The second-order valence-electron chi connectivity index (χ2n) is 6.53. The van der Waals surface area contributed by atoms with Crippen molar-refractivity contribution in [3.8, 4) is 5.75 Å². The summed E-state index contributed by atoms with van der Waals surface area (Å²) in [6.07, 6.45) is 11.6. The van der Waals surface area contributed by atoms with E-state index in [1.165, 1.54) is 49.7 Å². The Labute approximate surface area is 146 Å². The third-order valence-electron chi connectivity index (χ3n) is 4.44. The van der Waals surface area contributed by atoms with E-state index in [4.69, 9.17) is 14.3 Å². The largest absolute Gasteiger partial charge is 0.524 e. The van der Waals surface area contributed by atoms with Crippen LogP contribution >= 0.6 is 7.82 Å². The number of hydrogen-bond acceptors (Lipinski definition) is 2. The van der Waals surface area contributed by atoms with E-state index in [-0.39, 0.29) is 0 Å². The van der Waals surface area contributed by atoms with Crippen LogP contribution in [0.5, 0.6) is 5.75 Å². The summed E-state index contributed by atoms with van der Waals surface area (Å²) in [4.78, 5) is 18.2. The molecule has 0 aliphatic heterocycles. The lowest BCUT2D eigenvalue weighted by Gasteiger charge is -2.17. The highest BCUT2D eigenvalue weighted by atomic mass is 31.2. The Morgan fingerprint density at radius 2 is 1.50 bits per heavy atom. The molecule has 4 nitrogen and oxygen atoms in total. The Balaban J connectivity index is 2.90. The van der Waals surface area contributed by atoms with Gasteiger partial charge in [0.2, 0.25) is 0 Å². The molecule has 0 bridgehead atoms. The van der Waals surface area contributed by atoms with E-state index in [2.05, 4.69) is 13.8 Å². The van der Waals surface area contributed by atoms with Gasteiger partial charge in [0.1, 0.15) is 5.75 Å². The number of phosphoric acid groups is 1. The van der Waals surface area contributed by atoms with Crippen molar-refractivity contribution >= 4 is 7.82 Å². The lowest BCUT2D eigenvalue weighted by molar-refractivity contribution is 0.282. The number of hydrogen-bond donors (Lipinski definition) is 2. The SMILES string of the molecule is CCCCCCc1ccc(OP(=O)(O)O)c(C)c1CCCCCC. The molecule has 0 unspecified atom stereocenters. The molecule has 1 aromatic rings. The molecule has 0 aliphatic carbocycles. The van der Waals surface area contributed by atoms with Gasteiger partial charge in [-0.3, -0.25) is 9.79 Å². The quantitative estimate of drug-likeness (QED) is 0.372. The summed E-state index contributed by atoms with van der Waals surface area (Å²) in [6.45, 7) is 6.31. The summed E-state index contributed by atoms with van der Waals surface area (Å²) in [5.41, 5.74) is 3.40. The van der Waals surface area contributed by atoms with Gasteiger partial charge in [0.25, 0.3) is 0 Å². The monoisotopic (exact) mass is 356 g/mol. The molecule has 138 valence electrons. The van der Waals surface area contributed by atoms with Crippen LogP contribution in [0.4, 0.5) is 0 Å². The van der Waals surface area contributed by atoms with Crippen molar-refractivity contribution in [3.05, 3.63) is 28.8 Å². The summed E-state index contributed by atoms with van der Waals surface area (Å²) in [5, 5.41) is 0. The lowest BCUT2D eigenvalue weighted by Crippen LogP contribution is -2.02. The van der Waals surface area contributed by atoms with Gasteiger partial charge in [-0.2, -0.15) is 0 Å². The van der Waals surface area contributed by atoms with Crippen molar-refractivity contribution in [2.24, 2.45) is 0 Å². The first-order chi connectivity index (χ1) is 11.4. The first-order valence-electron chi connectivity index (χ1n) is 9.25. The van der Waals surface area contributed by atoms with Crippen LogP contribution in [0.25, 0.3) is 0 Å². The van der Waals surface area contributed by atoms with Crippen LogP contribution in [-0.4, -0.2) is 9.79 Å². The molecule has 0 aromatic heterocycles. The first kappa shape index (κ1) is 21.2. The van der Waals surface area contributed by atoms with Crippen molar-refractivity contribution in [2.45, 2.75) is 85.0 Å². The van der Waals surface area contributed by atoms with Crippen LogP contribution in [0.1, 0.15) is 81.9 Å². The molecule has 2 N–H and O–H groups in total. The fourth-order valence-electron chi connectivity index (χ4n) is 3.07. The highest BCUT2D eigenvalue weighted by molar-refractivity contribution is 7.46. The molecule has 1 rings (SSSR count). The Hall–Kier alpha value is -0.830. The van der Waals surface area contributed by atoms with Crippen LogP contribution in [0, 0.1) is 6.92 Å². The minimum Gasteiger partial charge on any atom is -0.404 e. The average molecular weight is 356 g/mol. The van der Waals surface area contributed by atoms with Crippen molar-refractivity contribution in [2.75, 3.05) is 0 Å². The number of rotatable bonds is 12. The summed E-state index contributed by atoms with van der Waals surface area (Å²) in [6, 6.07) is 3.69. The first-order valence-corrected chi connectivity index (χ1v) is 10.8. The molecule has 5 heteroatoms. The predicted octanol–water partition coefficient (Wildman–Crippen LogP) is 5.71. The van der Waals surface area contributed by atoms with E-state index in [1.807, 2.05) is 13.0 Å². The Morgan fingerprint density at radius 1 is 0.917 bits per heavy atom. The van der Waals surface area contributed by atoms with Crippen LogP contribution in [-0.2, 0) is 17.4 Å². The minimum absolute atomic E-state index is 0.311.